The van der Waals surface area contributed by atoms with Gasteiger partial charge in [-0.15, -0.1) is 0 Å². The van der Waals surface area contributed by atoms with Gasteiger partial charge in [0.25, 0.3) is 5.91 Å². The molecule has 4 heteroatoms. The van der Waals surface area contributed by atoms with Crippen molar-refractivity contribution < 1.29 is 9.90 Å². The van der Waals surface area contributed by atoms with Gasteiger partial charge in [-0.05, 0) is 46.8 Å². The molecule has 0 fully saturated rings. The Hall–Kier alpha value is -4.28. The van der Waals surface area contributed by atoms with E-state index < -0.39 is 6.23 Å². The molecule has 0 saturated heterocycles. The SMILES string of the molecule is O=C1c2ccc(-c3ccc(-c4ccccn4)cc3)c3cccc(c23)C(O)N1c1ccccc1. The van der Waals surface area contributed by atoms with Gasteiger partial charge >= 0.3 is 0 Å². The minimum absolute atomic E-state index is 0.200. The van der Waals surface area contributed by atoms with Gasteiger partial charge in [0.1, 0.15) is 0 Å². The fourth-order valence-electron chi connectivity index (χ4n) is 4.66. The normalized spacial score (nSPS) is 15.1. The van der Waals surface area contributed by atoms with Gasteiger partial charge in [0.2, 0.25) is 0 Å². The van der Waals surface area contributed by atoms with Gasteiger partial charge in [-0.2, -0.15) is 0 Å². The molecule has 0 aliphatic carbocycles. The van der Waals surface area contributed by atoms with Crippen molar-refractivity contribution in [1.82, 2.24) is 4.98 Å². The van der Waals surface area contributed by atoms with Crippen LogP contribution in [0.25, 0.3) is 33.2 Å². The summed E-state index contributed by atoms with van der Waals surface area (Å²) in [6.07, 6.45) is 0.745. The molecular weight excluding hydrogens is 408 g/mol. The van der Waals surface area contributed by atoms with E-state index in [1.165, 1.54) is 4.90 Å². The van der Waals surface area contributed by atoms with Crippen molar-refractivity contribution in [3.05, 3.63) is 120 Å². The fourth-order valence-corrected chi connectivity index (χ4v) is 4.66. The lowest BCUT2D eigenvalue weighted by molar-refractivity contribution is 0.0879. The van der Waals surface area contributed by atoms with E-state index in [-0.39, 0.29) is 5.91 Å². The van der Waals surface area contributed by atoms with Crippen LogP contribution in [0.2, 0.25) is 0 Å². The van der Waals surface area contributed by atoms with Crippen LogP contribution in [0.5, 0.6) is 0 Å². The van der Waals surface area contributed by atoms with Crippen molar-refractivity contribution in [3.63, 3.8) is 0 Å². The second kappa shape index (κ2) is 7.69. The first-order valence-electron chi connectivity index (χ1n) is 10.9. The van der Waals surface area contributed by atoms with E-state index in [9.17, 15) is 9.90 Å². The highest BCUT2D eigenvalue weighted by atomic mass is 16.3. The zero-order valence-corrected chi connectivity index (χ0v) is 17.7. The molecule has 1 aromatic heterocycles. The summed E-state index contributed by atoms with van der Waals surface area (Å²) in [6, 6.07) is 33.2. The number of anilines is 1. The predicted octanol–water partition coefficient (Wildman–Crippen LogP) is 6.22. The molecule has 2 heterocycles. The summed E-state index contributed by atoms with van der Waals surface area (Å²) in [5, 5.41) is 12.9. The Morgan fingerprint density at radius 3 is 2.18 bits per heavy atom. The second-order valence-electron chi connectivity index (χ2n) is 8.11. The Kier molecular flexibility index (Phi) is 4.52. The number of carbonyl (C=O) groups is 1. The summed E-state index contributed by atoms with van der Waals surface area (Å²) in [7, 11) is 0. The van der Waals surface area contributed by atoms with Crippen molar-refractivity contribution >= 4 is 22.4 Å². The van der Waals surface area contributed by atoms with Crippen molar-refractivity contribution in [2.45, 2.75) is 6.23 Å². The summed E-state index contributed by atoms with van der Waals surface area (Å²) in [4.78, 5) is 19.3. The number of aromatic nitrogens is 1. The lowest BCUT2D eigenvalue weighted by Gasteiger charge is -2.34. The van der Waals surface area contributed by atoms with E-state index in [0.29, 0.717) is 11.3 Å². The van der Waals surface area contributed by atoms with Crippen LogP contribution in [-0.2, 0) is 0 Å². The summed E-state index contributed by atoms with van der Waals surface area (Å²) < 4.78 is 0. The third-order valence-corrected chi connectivity index (χ3v) is 6.24. The molecule has 1 atom stereocenters. The maximum atomic E-state index is 13.4. The summed E-state index contributed by atoms with van der Waals surface area (Å²) in [6.45, 7) is 0. The number of rotatable bonds is 3. The minimum atomic E-state index is -1.04. The number of hydrogen-bond donors (Lipinski definition) is 1. The fraction of sp³-hybridized carbons (Fsp3) is 0.0345. The molecule has 0 spiro atoms. The van der Waals surface area contributed by atoms with Crippen molar-refractivity contribution in [3.8, 4) is 22.4 Å². The zero-order chi connectivity index (χ0) is 22.4. The molecule has 6 rings (SSSR count). The van der Waals surface area contributed by atoms with Gasteiger partial charge in [-0.1, -0.05) is 72.8 Å². The maximum absolute atomic E-state index is 13.4. The van der Waals surface area contributed by atoms with Gasteiger partial charge in [0.05, 0.1) is 5.69 Å². The Morgan fingerprint density at radius 2 is 1.42 bits per heavy atom. The number of para-hydroxylation sites is 1. The largest absolute Gasteiger partial charge is 0.369 e. The van der Waals surface area contributed by atoms with Gasteiger partial charge in [0.15, 0.2) is 6.23 Å². The van der Waals surface area contributed by atoms with Gasteiger partial charge in [0, 0.05) is 34.0 Å². The van der Waals surface area contributed by atoms with E-state index in [4.69, 9.17) is 0 Å². The quantitative estimate of drug-likeness (QED) is 0.371. The predicted molar refractivity (Wildman–Crippen MR) is 131 cm³/mol. The van der Waals surface area contributed by atoms with Crippen LogP contribution in [-0.4, -0.2) is 16.0 Å². The Morgan fingerprint density at radius 1 is 0.697 bits per heavy atom. The Labute approximate surface area is 191 Å². The molecule has 33 heavy (non-hydrogen) atoms. The first-order valence-corrected chi connectivity index (χ1v) is 10.9. The average molecular weight is 428 g/mol. The standard InChI is InChI=1S/C29H20N2O2/c32-28-24-10-6-9-23-22(19-12-14-20(15-13-19)26-11-4-5-18-30-26)16-17-25(27(23)24)29(33)31(28)21-7-2-1-3-8-21/h1-18,28,32H. The van der Waals surface area contributed by atoms with Crippen LogP contribution in [0.3, 0.4) is 0 Å². The number of benzene rings is 4. The third kappa shape index (κ3) is 3.12. The molecule has 1 amide bonds. The molecule has 4 aromatic carbocycles. The van der Waals surface area contributed by atoms with Crippen LogP contribution in [0.4, 0.5) is 5.69 Å². The van der Waals surface area contributed by atoms with Gasteiger partial charge in [-0.3, -0.25) is 14.7 Å². The minimum Gasteiger partial charge on any atom is -0.369 e. The van der Waals surface area contributed by atoms with Crippen LogP contribution in [0, 0.1) is 0 Å². The molecule has 1 aliphatic heterocycles. The van der Waals surface area contributed by atoms with Crippen LogP contribution in [0.15, 0.2) is 109 Å². The third-order valence-electron chi connectivity index (χ3n) is 6.24. The highest BCUT2D eigenvalue weighted by Gasteiger charge is 2.34. The molecular formula is C29H20N2O2. The topological polar surface area (TPSA) is 53.4 Å². The first-order chi connectivity index (χ1) is 16.2. The lowest BCUT2D eigenvalue weighted by atomic mass is 9.88. The molecule has 5 aromatic rings. The van der Waals surface area contributed by atoms with Crippen LogP contribution >= 0.6 is 0 Å². The zero-order valence-electron chi connectivity index (χ0n) is 17.7. The van der Waals surface area contributed by atoms with Crippen LogP contribution < -0.4 is 4.90 Å². The summed E-state index contributed by atoms with van der Waals surface area (Å²) in [5.41, 5.74) is 6.05. The average Bonchev–Trinajstić information content (AvgIpc) is 2.88. The highest BCUT2D eigenvalue weighted by Crippen LogP contribution is 2.41. The van der Waals surface area contributed by atoms with Crippen molar-refractivity contribution in [2.75, 3.05) is 4.90 Å². The lowest BCUT2D eigenvalue weighted by Crippen LogP contribution is -2.38. The second-order valence-corrected chi connectivity index (χ2v) is 8.11. The number of hydrogen-bond acceptors (Lipinski definition) is 3. The summed E-state index contributed by atoms with van der Waals surface area (Å²) in [5.74, 6) is -0.200. The molecule has 1 N–H and O–H groups in total. The molecule has 1 unspecified atom stereocenters. The molecule has 158 valence electrons. The number of aliphatic hydroxyl groups is 1. The van der Waals surface area contributed by atoms with Crippen molar-refractivity contribution in [1.29, 1.82) is 0 Å². The van der Waals surface area contributed by atoms with Crippen LogP contribution in [0.1, 0.15) is 22.1 Å². The first kappa shape index (κ1) is 19.4. The van der Waals surface area contributed by atoms with Gasteiger partial charge in [-0.25, -0.2) is 0 Å². The number of pyridine rings is 1. The number of aliphatic hydroxyl groups excluding tert-OH is 1. The van der Waals surface area contributed by atoms with E-state index >= 15 is 0 Å². The number of carbonyl (C=O) groups excluding carboxylic acids is 1. The Balaban J connectivity index is 1.47. The van der Waals surface area contributed by atoms with E-state index in [2.05, 4.69) is 29.2 Å². The molecule has 0 bridgehead atoms. The van der Waals surface area contributed by atoms with Crippen molar-refractivity contribution in [2.24, 2.45) is 0 Å². The van der Waals surface area contributed by atoms with E-state index in [1.54, 1.807) is 6.20 Å². The summed E-state index contributed by atoms with van der Waals surface area (Å²) >= 11 is 0. The number of amides is 1. The molecule has 0 saturated carbocycles. The smallest absolute Gasteiger partial charge is 0.261 e. The molecule has 1 aliphatic rings. The Bertz CT molecular complexity index is 1480. The molecule has 0 radical (unpaired) electrons. The molecule has 4 nitrogen and oxygen atoms in total. The highest BCUT2D eigenvalue weighted by molar-refractivity contribution is 6.19. The monoisotopic (exact) mass is 428 g/mol. The maximum Gasteiger partial charge on any atom is 0.261 e. The van der Waals surface area contributed by atoms with Gasteiger partial charge < -0.3 is 5.11 Å². The van der Waals surface area contributed by atoms with E-state index in [0.717, 1.165) is 38.7 Å². The van der Waals surface area contributed by atoms with E-state index in [1.807, 2.05) is 78.9 Å². The number of nitrogens with zero attached hydrogens (tertiary/aromatic N) is 2.